The minimum atomic E-state index is -4.54. The second-order valence-electron chi connectivity index (χ2n) is 15.9. The van der Waals surface area contributed by atoms with Crippen molar-refractivity contribution in [2.75, 3.05) is 21.7 Å². The van der Waals surface area contributed by atoms with E-state index in [4.69, 9.17) is 23.2 Å². The van der Waals surface area contributed by atoms with Crippen LogP contribution in [0.15, 0.2) is 150 Å². The Morgan fingerprint density at radius 3 is 1.92 bits per heavy atom. The van der Waals surface area contributed by atoms with Gasteiger partial charge in [0.05, 0.1) is 31.0 Å². The molecule has 2 amide bonds. The number of carbonyl (C=O) groups is 2. The number of nitrogens with zero attached hydrogens (tertiary/aromatic N) is 5. The normalized spacial score (nSPS) is 17.9. The first-order valence-electron chi connectivity index (χ1n) is 20.8. The van der Waals surface area contributed by atoms with Crippen LogP contribution in [-0.4, -0.2) is 74.9 Å². The number of hydrogen-bond acceptors (Lipinski definition) is 8. The zero-order valence-corrected chi connectivity index (χ0v) is 37.7. The molecule has 2 aliphatic heterocycles. The van der Waals surface area contributed by atoms with Crippen LogP contribution in [0.1, 0.15) is 63.9 Å². The van der Waals surface area contributed by atoms with Gasteiger partial charge in [-0.2, -0.15) is 0 Å². The molecule has 0 bridgehead atoms. The van der Waals surface area contributed by atoms with Crippen LogP contribution in [0.25, 0.3) is 0 Å². The van der Waals surface area contributed by atoms with E-state index in [-0.39, 0.29) is 70.9 Å². The average Bonchev–Trinajstić information content (AvgIpc) is 4.01. The Morgan fingerprint density at radius 1 is 0.750 bits per heavy atom. The van der Waals surface area contributed by atoms with Crippen molar-refractivity contribution >= 4 is 66.4 Å². The Hall–Kier alpha value is -5.74. The molecule has 5 aromatic rings. The zero-order valence-electron chi connectivity index (χ0n) is 34.5. The van der Waals surface area contributed by atoms with E-state index in [0.717, 1.165) is 25.7 Å². The number of likely N-dealkylation sites (tertiary alicyclic amines) is 1. The largest absolute Gasteiger partial charge is 0.350 e. The summed E-state index contributed by atoms with van der Waals surface area (Å²) in [6.45, 7) is -0.0527. The van der Waals surface area contributed by atoms with Crippen LogP contribution in [0.4, 0.5) is 15.8 Å². The number of rotatable bonds is 14. The molecule has 8 rings (SSSR count). The van der Waals surface area contributed by atoms with Gasteiger partial charge in [0.15, 0.2) is 0 Å². The Kier molecular flexibility index (Phi) is 13.4. The summed E-state index contributed by atoms with van der Waals surface area (Å²) in [5, 5.41) is 3.96. The topological polar surface area (TPSA) is 140 Å². The number of nitrogens with one attached hydrogen (secondary N) is 1. The highest BCUT2D eigenvalue weighted by molar-refractivity contribution is 7.96. The molecule has 1 N–H and O–H groups in total. The molecular weight excluding hydrogens is 899 g/mol. The number of carbonyl (C=O) groups excluding carboxylic acids is 2. The summed E-state index contributed by atoms with van der Waals surface area (Å²) in [5.41, 5.74) is 1.90. The first-order valence-corrected chi connectivity index (χ1v) is 24.5. The van der Waals surface area contributed by atoms with Crippen LogP contribution in [0.2, 0.25) is 10.0 Å². The molecule has 17 heteroatoms. The third kappa shape index (κ3) is 9.82. The van der Waals surface area contributed by atoms with Crippen molar-refractivity contribution in [3.8, 4) is 0 Å². The lowest BCUT2D eigenvalue weighted by Crippen LogP contribution is -2.54. The SMILES string of the molecule is O=C(NC1C(S(=O)(=O)N(Cc2ccc(Cl)cc2)c2cccc(C(=O)N3CC[C@@H](F)C3)c2)=CC=CN1C1CCCC1)c1cccc(N(Cc2ccc(Cl)cc2)S(=O)(=O)c2cccnc2)c1. The fourth-order valence-corrected chi connectivity index (χ4v) is 11.6. The van der Waals surface area contributed by atoms with Gasteiger partial charge in [-0.25, -0.2) is 21.2 Å². The predicted molar refractivity (Wildman–Crippen MR) is 246 cm³/mol. The number of alkyl halides is 1. The van der Waals surface area contributed by atoms with Crippen molar-refractivity contribution in [3.63, 3.8) is 0 Å². The monoisotopic (exact) mass is 942 g/mol. The maximum atomic E-state index is 15.4. The van der Waals surface area contributed by atoms with Crippen molar-refractivity contribution in [1.82, 2.24) is 20.1 Å². The molecule has 1 aliphatic carbocycles. The van der Waals surface area contributed by atoms with Gasteiger partial charge in [-0.05, 0) is 115 Å². The molecule has 332 valence electrons. The van der Waals surface area contributed by atoms with Crippen LogP contribution < -0.4 is 13.9 Å². The minimum Gasteiger partial charge on any atom is -0.350 e. The first kappa shape index (κ1) is 44.9. The van der Waals surface area contributed by atoms with E-state index in [1.807, 2.05) is 4.90 Å². The lowest BCUT2D eigenvalue weighted by molar-refractivity contribution is 0.0782. The summed E-state index contributed by atoms with van der Waals surface area (Å²) >= 11 is 12.4. The smallest absolute Gasteiger partial charge is 0.266 e. The molecule has 1 saturated heterocycles. The second kappa shape index (κ2) is 19.2. The number of aromatic nitrogens is 1. The van der Waals surface area contributed by atoms with Crippen LogP contribution in [0.5, 0.6) is 0 Å². The van der Waals surface area contributed by atoms with Gasteiger partial charge in [0.2, 0.25) is 0 Å². The molecule has 0 spiro atoms. The van der Waals surface area contributed by atoms with Crippen LogP contribution in [0, 0.1) is 0 Å². The van der Waals surface area contributed by atoms with Gasteiger partial charge < -0.3 is 15.1 Å². The number of benzene rings is 4. The molecular formula is C47H45Cl2FN6O6S2. The van der Waals surface area contributed by atoms with E-state index in [0.29, 0.717) is 21.2 Å². The Bertz CT molecular complexity index is 2790. The van der Waals surface area contributed by atoms with Gasteiger partial charge in [-0.1, -0.05) is 72.4 Å². The highest BCUT2D eigenvalue weighted by atomic mass is 35.5. The number of hydrogen-bond donors (Lipinski definition) is 1. The molecule has 12 nitrogen and oxygen atoms in total. The maximum Gasteiger partial charge on any atom is 0.266 e. The van der Waals surface area contributed by atoms with Crippen LogP contribution in [0.3, 0.4) is 0 Å². The van der Waals surface area contributed by atoms with Crippen molar-refractivity contribution in [1.29, 1.82) is 0 Å². The van der Waals surface area contributed by atoms with Crippen molar-refractivity contribution in [2.45, 2.75) is 68.5 Å². The van der Waals surface area contributed by atoms with E-state index in [2.05, 4.69) is 10.3 Å². The van der Waals surface area contributed by atoms with Crippen molar-refractivity contribution < 1.29 is 30.8 Å². The summed E-state index contributed by atoms with van der Waals surface area (Å²) in [6, 6.07) is 28.7. The number of anilines is 2. The van der Waals surface area contributed by atoms with Crippen LogP contribution >= 0.6 is 23.2 Å². The third-order valence-corrected chi connectivity index (χ3v) is 15.7. The summed E-state index contributed by atoms with van der Waals surface area (Å²) in [7, 11) is -8.75. The fraction of sp³-hybridized carbons (Fsp3) is 0.255. The van der Waals surface area contributed by atoms with Gasteiger partial charge >= 0.3 is 0 Å². The van der Waals surface area contributed by atoms with E-state index >= 15 is 8.42 Å². The highest BCUT2D eigenvalue weighted by Crippen LogP contribution is 2.35. The van der Waals surface area contributed by atoms with E-state index in [1.54, 1.807) is 91.1 Å². The molecule has 4 aromatic carbocycles. The Balaban J connectivity index is 1.16. The van der Waals surface area contributed by atoms with E-state index in [1.165, 1.54) is 62.3 Å². The summed E-state index contributed by atoms with van der Waals surface area (Å²) in [5.74, 6) is -1.06. The van der Waals surface area contributed by atoms with Gasteiger partial charge in [0.1, 0.15) is 22.1 Å². The third-order valence-electron chi connectivity index (χ3n) is 11.6. The molecule has 1 saturated carbocycles. The number of amides is 2. The first-order chi connectivity index (χ1) is 30.8. The van der Waals surface area contributed by atoms with Gasteiger partial charge in [-0.3, -0.25) is 23.2 Å². The number of pyridine rings is 1. The van der Waals surface area contributed by atoms with E-state index < -0.39 is 44.2 Å². The molecule has 0 radical (unpaired) electrons. The van der Waals surface area contributed by atoms with Crippen molar-refractivity contribution in [3.05, 3.63) is 177 Å². The number of allylic oxidation sites excluding steroid dienone is 2. The fourth-order valence-electron chi connectivity index (χ4n) is 8.25. The maximum absolute atomic E-state index is 15.4. The van der Waals surface area contributed by atoms with Gasteiger partial charge in [0, 0.05) is 52.4 Å². The number of sulfonamides is 2. The van der Waals surface area contributed by atoms with Gasteiger partial charge in [-0.15, -0.1) is 0 Å². The molecule has 2 fully saturated rings. The van der Waals surface area contributed by atoms with Crippen LogP contribution in [-0.2, 0) is 33.1 Å². The Labute approximate surface area is 382 Å². The molecule has 3 aliphatic rings. The highest BCUT2D eigenvalue weighted by Gasteiger charge is 2.40. The molecule has 3 heterocycles. The quantitative estimate of drug-likeness (QED) is 0.117. The van der Waals surface area contributed by atoms with Crippen molar-refractivity contribution in [2.24, 2.45) is 0 Å². The standard InChI is InChI=1S/C47H45Cl2FN6O6S2/c48-37-19-15-33(16-20-37)30-55(63(59,60)43-13-5-24-51-29-43)41-11-3-7-35(27-41)46(57)52-45-44(14-6-25-54(45)40-9-1-2-10-40)64(61,62)56(31-34-17-21-38(49)22-18-34)42-12-4-8-36(28-42)47(58)53-26-23-39(50)32-53/h3-8,11-22,24-25,27-29,39-40,45H,1-2,9-10,23,26,30-32H2,(H,52,57)/t39-,45?/m1/s1. The summed E-state index contributed by atoms with van der Waals surface area (Å²) < 4.78 is 75.8. The van der Waals surface area contributed by atoms with Gasteiger partial charge in [0.25, 0.3) is 31.9 Å². The molecule has 64 heavy (non-hydrogen) atoms. The number of halogens is 3. The summed E-state index contributed by atoms with van der Waals surface area (Å²) in [6.07, 6.45) is 8.88. The predicted octanol–water partition coefficient (Wildman–Crippen LogP) is 8.72. The Morgan fingerprint density at radius 2 is 1.34 bits per heavy atom. The second-order valence-corrected chi connectivity index (χ2v) is 20.5. The van der Waals surface area contributed by atoms with E-state index in [9.17, 15) is 22.4 Å². The zero-order chi connectivity index (χ0) is 45.0. The lowest BCUT2D eigenvalue weighted by atomic mass is 10.1. The molecule has 2 atom stereocenters. The molecule has 1 aromatic heterocycles. The summed E-state index contributed by atoms with van der Waals surface area (Å²) in [4.78, 5) is 35.3. The minimum absolute atomic E-state index is 0.0446. The average molecular weight is 944 g/mol. The molecule has 1 unspecified atom stereocenters. The lowest BCUT2D eigenvalue weighted by Gasteiger charge is -2.40.